The van der Waals surface area contributed by atoms with Gasteiger partial charge in [0.15, 0.2) is 0 Å². The molecular formula is C11H14Cl2N2O3. The molecule has 0 aliphatic carbocycles. The van der Waals surface area contributed by atoms with Crippen molar-refractivity contribution in [3.8, 4) is 0 Å². The molecule has 0 saturated heterocycles. The highest BCUT2D eigenvalue weighted by molar-refractivity contribution is 6.42. The number of carbonyl (C=O) groups excluding carboxylic acids is 1. The molecule has 2 amide bonds. The van der Waals surface area contributed by atoms with Gasteiger partial charge in [0.1, 0.15) is 0 Å². The molecule has 100 valence electrons. The van der Waals surface area contributed by atoms with E-state index in [1.807, 2.05) is 0 Å². The monoisotopic (exact) mass is 292 g/mol. The number of amides is 2. The van der Waals surface area contributed by atoms with Crippen LogP contribution in [0, 0.1) is 0 Å². The molecule has 0 aromatic heterocycles. The lowest BCUT2D eigenvalue weighted by Gasteiger charge is -2.15. The summed E-state index contributed by atoms with van der Waals surface area (Å²) in [5.74, 6) is 0. The van der Waals surface area contributed by atoms with Crippen LogP contribution in [-0.2, 0) is 4.74 Å². The number of benzene rings is 1. The molecule has 3 N–H and O–H groups in total. The standard InChI is InChI=1S/C11H14Cl2N2O3/c1-18-6-8(5-16)15-11(17)14-7-2-3-9(12)10(13)4-7/h2-4,8,16H,5-6H2,1H3,(H2,14,15,17). The summed E-state index contributed by atoms with van der Waals surface area (Å²) in [7, 11) is 1.49. The molecule has 0 aliphatic rings. The number of carbonyl (C=O) groups is 1. The SMILES string of the molecule is COCC(CO)NC(=O)Nc1ccc(Cl)c(Cl)c1. The fraction of sp³-hybridized carbons (Fsp3) is 0.364. The van der Waals surface area contributed by atoms with Crippen molar-refractivity contribution in [3.63, 3.8) is 0 Å². The predicted octanol–water partition coefficient (Wildman–Crippen LogP) is 2.12. The van der Waals surface area contributed by atoms with E-state index in [1.54, 1.807) is 12.1 Å². The predicted molar refractivity (Wildman–Crippen MR) is 71.4 cm³/mol. The van der Waals surface area contributed by atoms with Crippen molar-refractivity contribution in [2.75, 3.05) is 25.6 Å². The molecule has 1 aromatic rings. The number of urea groups is 1. The number of hydrogen-bond donors (Lipinski definition) is 3. The minimum Gasteiger partial charge on any atom is -0.394 e. The smallest absolute Gasteiger partial charge is 0.319 e. The van der Waals surface area contributed by atoms with Crippen LogP contribution in [0.1, 0.15) is 0 Å². The Morgan fingerprint density at radius 1 is 1.44 bits per heavy atom. The molecule has 0 bridgehead atoms. The summed E-state index contributed by atoms with van der Waals surface area (Å²) in [6.45, 7) is 0.0218. The van der Waals surface area contributed by atoms with Crippen molar-refractivity contribution < 1.29 is 14.6 Å². The van der Waals surface area contributed by atoms with Crippen molar-refractivity contribution in [2.24, 2.45) is 0 Å². The Balaban J connectivity index is 2.55. The lowest BCUT2D eigenvalue weighted by molar-refractivity contribution is 0.132. The average molecular weight is 293 g/mol. The van der Waals surface area contributed by atoms with Gasteiger partial charge in [0.2, 0.25) is 0 Å². The Bertz CT molecular complexity index is 415. The second kappa shape index (κ2) is 7.43. The summed E-state index contributed by atoms with van der Waals surface area (Å²) in [5, 5.41) is 14.9. The van der Waals surface area contributed by atoms with Crippen LogP contribution in [0.5, 0.6) is 0 Å². The third kappa shape index (κ3) is 4.70. The van der Waals surface area contributed by atoms with Gasteiger partial charge in [0.05, 0.1) is 29.3 Å². The molecule has 1 unspecified atom stereocenters. The van der Waals surface area contributed by atoms with Gasteiger partial charge in [-0.3, -0.25) is 0 Å². The number of methoxy groups -OCH3 is 1. The van der Waals surface area contributed by atoms with Crippen LogP contribution in [0.25, 0.3) is 0 Å². The summed E-state index contributed by atoms with van der Waals surface area (Å²) in [6, 6.07) is 3.83. The Morgan fingerprint density at radius 2 is 2.17 bits per heavy atom. The first-order valence-electron chi connectivity index (χ1n) is 5.19. The molecule has 0 spiro atoms. The first kappa shape index (κ1) is 15.0. The third-order valence-corrected chi connectivity index (χ3v) is 2.84. The zero-order chi connectivity index (χ0) is 13.5. The van der Waals surface area contributed by atoms with Gasteiger partial charge in [-0.2, -0.15) is 0 Å². The van der Waals surface area contributed by atoms with Crippen LogP contribution in [0.15, 0.2) is 18.2 Å². The van der Waals surface area contributed by atoms with E-state index in [4.69, 9.17) is 33.0 Å². The minimum atomic E-state index is -0.460. The van der Waals surface area contributed by atoms with E-state index >= 15 is 0 Å². The van der Waals surface area contributed by atoms with Crippen LogP contribution in [-0.4, -0.2) is 37.5 Å². The largest absolute Gasteiger partial charge is 0.394 e. The van der Waals surface area contributed by atoms with Gasteiger partial charge in [-0.25, -0.2) is 4.79 Å². The number of rotatable bonds is 5. The zero-order valence-electron chi connectivity index (χ0n) is 9.74. The molecule has 1 rings (SSSR count). The summed E-state index contributed by atoms with van der Waals surface area (Å²) in [6.07, 6.45) is 0. The van der Waals surface area contributed by atoms with Crippen LogP contribution >= 0.6 is 23.2 Å². The molecule has 0 radical (unpaired) electrons. The maximum Gasteiger partial charge on any atom is 0.319 e. The van der Waals surface area contributed by atoms with E-state index in [1.165, 1.54) is 13.2 Å². The fourth-order valence-electron chi connectivity index (χ4n) is 1.27. The molecule has 0 aliphatic heterocycles. The summed E-state index contributed by atoms with van der Waals surface area (Å²) in [4.78, 5) is 11.6. The van der Waals surface area contributed by atoms with Crippen molar-refractivity contribution in [1.29, 1.82) is 0 Å². The minimum absolute atomic E-state index is 0.206. The lowest BCUT2D eigenvalue weighted by atomic mass is 10.3. The second-order valence-corrected chi connectivity index (χ2v) is 4.38. The Labute approximate surface area is 115 Å². The zero-order valence-corrected chi connectivity index (χ0v) is 11.3. The van der Waals surface area contributed by atoms with E-state index in [9.17, 15) is 4.79 Å². The number of halogens is 2. The molecule has 5 nitrogen and oxygen atoms in total. The van der Waals surface area contributed by atoms with Crippen molar-refractivity contribution in [1.82, 2.24) is 5.32 Å². The van der Waals surface area contributed by atoms with E-state index in [-0.39, 0.29) is 13.2 Å². The summed E-state index contributed by atoms with van der Waals surface area (Å²) in [5.41, 5.74) is 0.510. The van der Waals surface area contributed by atoms with E-state index in [0.717, 1.165) is 0 Å². The topological polar surface area (TPSA) is 70.6 Å². The van der Waals surface area contributed by atoms with Crippen molar-refractivity contribution >= 4 is 34.9 Å². The second-order valence-electron chi connectivity index (χ2n) is 3.56. The molecule has 0 heterocycles. The molecule has 7 heteroatoms. The quantitative estimate of drug-likeness (QED) is 0.778. The highest BCUT2D eigenvalue weighted by atomic mass is 35.5. The number of aliphatic hydroxyl groups excluding tert-OH is 1. The van der Waals surface area contributed by atoms with Gasteiger partial charge in [-0.15, -0.1) is 0 Å². The van der Waals surface area contributed by atoms with Gasteiger partial charge >= 0.3 is 6.03 Å². The Hall–Kier alpha value is -1.01. The Morgan fingerprint density at radius 3 is 2.72 bits per heavy atom. The number of anilines is 1. The maximum atomic E-state index is 11.6. The van der Waals surface area contributed by atoms with Gasteiger partial charge in [-0.1, -0.05) is 23.2 Å². The number of ether oxygens (including phenoxy) is 1. The number of nitrogens with one attached hydrogen (secondary N) is 2. The van der Waals surface area contributed by atoms with Gasteiger partial charge < -0.3 is 20.5 Å². The van der Waals surface area contributed by atoms with Gasteiger partial charge in [0, 0.05) is 12.8 Å². The van der Waals surface area contributed by atoms with E-state index < -0.39 is 12.1 Å². The molecule has 1 atom stereocenters. The molecule has 0 saturated carbocycles. The molecule has 1 aromatic carbocycles. The van der Waals surface area contributed by atoms with E-state index in [0.29, 0.717) is 15.7 Å². The normalized spacial score (nSPS) is 12.0. The summed E-state index contributed by atoms with van der Waals surface area (Å²) >= 11 is 11.6. The van der Waals surface area contributed by atoms with Crippen LogP contribution in [0.4, 0.5) is 10.5 Å². The molecular weight excluding hydrogens is 279 g/mol. The fourth-order valence-corrected chi connectivity index (χ4v) is 1.57. The molecule has 0 fully saturated rings. The Kier molecular flexibility index (Phi) is 6.21. The van der Waals surface area contributed by atoms with Gasteiger partial charge in [0.25, 0.3) is 0 Å². The average Bonchev–Trinajstić information content (AvgIpc) is 2.33. The van der Waals surface area contributed by atoms with Crippen molar-refractivity contribution in [3.05, 3.63) is 28.2 Å². The lowest BCUT2D eigenvalue weighted by Crippen LogP contribution is -2.42. The van der Waals surface area contributed by atoms with Crippen LogP contribution in [0.3, 0.4) is 0 Å². The highest BCUT2D eigenvalue weighted by Gasteiger charge is 2.11. The highest BCUT2D eigenvalue weighted by Crippen LogP contribution is 2.24. The number of hydrogen-bond acceptors (Lipinski definition) is 3. The van der Waals surface area contributed by atoms with E-state index in [2.05, 4.69) is 10.6 Å². The van der Waals surface area contributed by atoms with Crippen LogP contribution in [0.2, 0.25) is 10.0 Å². The first-order chi connectivity index (χ1) is 8.56. The van der Waals surface area contributed by atoms with Gasteiger partial charge in [-0.05, 0) is 18.2 Å². The van der Waals surface area contributed by atoms with Crippen molar-refractivity contribution in [2.45, 2.75) is 6.04 Å². The summed E-state index contributed by atoms with van der Waals surface area (Å²) < 4.78 is 4.84. The number of aliphatic hydroxyl groups is 1. The third-order valence-electron chi connectivity index (χ3n) is 2.10. The first-order valence-corrected chi connectivity index (χ1v) is 5.94. The molecule has 18 heavy (non-hydrogen) atoms. The van der Waals surface area contributed by atoms with Crippen LogP contribution < -0.4 is 10.6 Å². The maximum absolute atomic E-state index is 11.6.